The third-order valence-corrected chi connectivity index (χ3v) is 4.92. The molecule has 1 fully saturated rings. The van der Waals surface area contributed by atoms with Crippen molar-refractivity contribution in [3.8, 4) is 5.75 Å². The van der Waals surface area contributed by atoms with Crippen LogP contribution in [0.15, 0.2) is 34.9 Å². The van der Waals surface area contributed by atoms with Gasteiger partial charge in [-0.15, -0.1) is 0 Å². The van der Waals surface area contributed by atoms with Crippen molar-refractivity contribution >= 4 is 50.8 Å². The minimum absolute atomic E-state index is 0.410. The summed E-state index contributed by atoms with van der Waals surface area (Å²) in [5, 5.41) is 14.2. The van der Waals surface area contributed by atoms with Crippen LogP contribution in [0.4, 0.5) is 23.3 Å². The van der Waals surface area contributed by atoms with Gasteiger partial charge in [-0.2, -0.15) is 10.1 Å². The Labute approximate surface area is 163 Å². The van der Waals surface area contributed by atoms with E-state index in [2.05, 4.69) is 46.7 Å². The van der Waals surface area contributed by atoms with Crippen LogP contribution >= 0.6 is 27.5 Å². The lowest BCUT2D eigenvalue weighted by Gasteiger charge is -2.11. The zero-order chi connectivity index (χ0) is 18.1. The molecule has 3 aromatic rings. The van der Waals surface area contributed by atoms with Gasteiger partial charge in [0, 0.05) is 24.2 Å². The van der Waals surface area contributed by atoms with E-state index in [4.69, 9.17) is 16.3 Å². The van der Waals surface area contributed by atoms with E-state index in [0.29, 0.717) is 34.1 Å². The Morgan fingerprint density at radius 2 is 2.12 bits per heavy atom. The van der Waals surface area contributed by atoms with Gasteiger partial charge in [0.2, 0.25) is 5.95 Å². The van der Waals surface area contributed by atoms with Crippen LogP contribution in [0.1, 0.15) is 24.5 Å². The standard InChI is InChI=1S/C17H16BrClN6O/c1-26-10-4-5-12(19)14(6-10)21-17-20-8-11(18)16(23-17)22-15-7-13(24-25-15)9-2-3-9/h4-9H,2-3H2,1H3,(H3,20,21,22,23,24,25). The number of anilines is 4. The molecule has 134 valence electrons. The highest BCUT2D eigenvalue weighted by Crippen LogP contribution is 2.40. The molecule has 0 bridgehead atoms. The molecule has 7 nitrogen and oxygen atoms in total. The predicted octanol–water partition coefficient (Wildman–Crippen LogP) is 4.99. The van der Waals surface area contributed by atoms with Crippen LogP contribution in [0.25, 0.3) is 0 Å². The number of nitrogens with one attached hydrogen (secondary N) is 3. The molecule has 0 radical (unpaired) electrons. The van der Waals surface area contributed by atoms with Gasteiger partial charge in [-0.25, -0.2) is 4.98 Å². The first kappa shape index (κ1) is 17.1. The van der Waals surface area contributed by atoms with Crippen LogP contribution in [0, 0.1) is 0 Å². The van der Waals surface area contributed by atoms with E-state index in [1.54, 1.807) is 31.5 Å². The zero-order valence-electron chi connectivity index (χ0n) is 13.9. The van der Waals surface area contributed by atoms with Gasteiger partial charge in [-0.05, 0) is 40.9 Å². The summed E-state index contributed by atoms with van der Waals surface area (Å²) in [5.74, 6) is 3.09. The summed E-state index contributed by atoms with van der Waals surface area (Å²) in [6.07, 6.45) is 4.08. The zero-order valence-corrected chi connectivity index (χ0v) is 16.2. The van der Waals surface area contributed by atoms with Crippen LogP contribution in [-0.4, -0.2) is 27.3 Å². The Morgan fingerprint density at radius 3 is 2.88 bits per heavy atom. The molecule has 9 heteroatoms. The lowest BCUT2D eigenvalue weighted by molar-refractivity contribution is 0.415. The Balaban J connectivity index is 1.55. The van der Waals surface area contributed by atoms with Gasteiger partial charge in [-0.3, -0.25) is 5.10 Å². The summed E-state index contributed by atoms with van der Waals surface area (Å²) >= 11 is 9.69. The van der Waals surface area contributed by atoms with Crippen molar-refractivity contribution in [1.29, 1.82) is 0 Å². The number of H-pyrrole nitrogens is 1. The molecule has 26 heavy (non-hydrogen) atoms. The molecule has 0 atom stereocenters. The van der Waals surface area contributed by atoms with E-state index in [1.165, 1.54) is 12.8 Å². The third kappa shape index (κ3) is 3.76. The van der Waals surface area contributed by atoms with Crippen molar-refractivity contribution in [3.63, 3.8) is 0 Å². The van der Waals surface area contributed by atoms with Gasteiger partial charge in [0.05, 0.1) is 28.0 Å². The number of benzene rings is 1. The molecule has 1 aliphatic rings. The molecular formula is C17H16BrClN6O. The number of aromatic nitrogens is 4. The Bertz CT molecular complexity index is 943. The summed E-state index contributed by atoms with van der Waals surface area (Å²) < 4.78 is 5.96. The van der Waals surface area contributed by atoms with Crippen molar-refractivity contribution in [1.82, 2.24) is 20.2 Å². The Kier molecular flexibility index (Phi) is 4.69. The van der Waals surface area contributed by atoms with Gasteiger partial charge in [0.1, 0.15) is 11.6 Å². The summed E-state index contributed by atoms with van der Waals surface area (Å²) in [5.41, 5.74) is 1.75. The van der Waals surface area contributed by atoms with E-state index in [1.807, 2.05) is 6.07 Å². The molecule has 0 unspecified atom stereocenters. The first-order valence-corrected chi connectivity index (χ1v) is 9.25. The second-order valence-electron chi connectivity index (χ2n) is 5.97. The lowest BCUT2D eigenvalue weighted by Crippen LogP contribution is -2.02. The summed E-state index contributed by atoms with van der Waals surface area (Å²) in [7, 11) is 1.60. The normalized spacial score (nSPS) is 13.5. The van der Waals surface area contributed by atoms with Crippen molar-refractivity contribution in [2.45, 2.75) is 18.8 Å². The molecule has 0 spiro atoms. The minimum Gasteiger partial charge on any atom is -0.497 e. The molecule has 2 aromatic heterocycles. The van der Waals surface area contributed by atoms with Crippen LogP contribution in [-0.2, 0) is 0 Å². The highest BCUT2D eigenvalue weighted by atomic mass is 79.9. The van der Waals surface area contributed by atoms with Crippen molar-refractivity contribution in [3.05, 3.63) is 45.7 Å². The quantitative estimate of drug-likeness (QED) is 0.505. The molecular weight excluding hydrogens is 420 g/mol. The highest BCUT2D eigenvalue weighted by molar-refractivity contribution is 9.10. The van der Waals surface area contributed by atoms with Crippen molar-refractivity contribution in [2.24, 2.45) is 0 Å². The minimum atomic E-state index is 0.410. The number of hydrogen-bond donors (Lipinski definition) is 3. The van der Waals surface area contributed by atoms with E-state index in [0.717, 1.165) is 16.0 Å². The smallest absolute Gasteiger partial charge is 0.229 e. The van der Waals surface area contributed by atoms with Crippen LogP contribution < -0.4 is 15.4 Å². The predicted molar refractivity (Wildman–Crippen MR) is 105 cm³/mol. The first-order chi connectivity index (χ1) is 12.6. The Morgan fingerprint density at radius 1 is 1.27 bits per heavy atom. The molecule has 0 amide bonds. The molecule has 1 aromatic carbocycles. The van der Waals surface area contributed by atoms with Gasteiger partial charge >= 0.3 is 0 Å². The monoisotopic (exact) mass is 434 g/mol. The first-order valence-electron chi connectivity index (χ1n) is 8.08. The average molecular weight is 436 g/mol. The van der Waals surface area contributed by atoms with Crippen LogP contribution in [0.3, 0.4) is 0 Å². The average Bonchev–Trinajstić information content (AvgIpc) is 3.39. The fourth-order valence-electron chi connectivity index (χ4n) is 2.48. The molecule has 4 rings (SSSR count). The Hall–Kier alpha value is -2.32. The fourth-order valence-corrected chi connectivity index (χ4v) is 2.93. The number of halogens is 2. The maximum absolute atomic E-state index is 6.23. The molecule has 1 saturated carbocycles. The number of ether oxygens (including phenoxy) is 1. The molecule has 2 heterocycles. The van der Waals surface area contributed by atoms with Crippen LogP contribution in [0.2, 0.25) is 5.02 Å². The van der Waals surface area contributed by atoms with Gasteiger partial charge in [-0.1, -0.05) is 11.6 Å². The second-order valence-corrected chi connectivity index (χ2v) is 7.23. The van der Waals surface area contributed by atoms with Gasteiger partial charge < -0.3 is 15.4 Å². The van der Waals surface area contributed by atoms with E-state index >= 15 is 0 Å². The number of methoxy groups -OCH3 is 1. The topological polar surface area (TPSA) is 87.8 Å². The maximum Gasteiger partial charge on any atom is 0.229 e. The number of rotatable bonds is 6. The molecule has 3 N–H and O–H groups in total. The second kappa shape index (κ2) is 7.13. The number of hydrogen-bond acceptors (Lipinski definition) is 6. The SMILES string of the molecule is COc1ccc(Cl)c(Nc2ncc(Br)c(Nc3cc(C4CC4)n[nH]3)n2)c1. The molecule has 0 aliphatic heterocycles. The lowest BCUT2D eigenvalue weighted by atomic mass is 10.3. The summed E-state index contributed by atoms with van der Waals surface area (Å²) in [6.45, 7) is 0. The van der Waals surface area contributed by atoms with Crippen molar-refractivity contribution < 1.29 is 4.74 Å². The number of nitrogens with zero attached hydrogens (tertiary/aromatic N) is 3. The van der Waals surface area contributed by atoms with Gasteiger partial charge in [0.15, 0.2) is 5.82 Å². The highest BCUT2D eigenvalue weighted by Gasteiger charge is 2.26. The number of aromatic amines is 1. The van der Waals surface area contributed by atoms with Crippen molar-refractivity contribution in [2.75, 3.05) is 17.7 Å². The van der Waals surface area contributed by atoms with Crippen LogP contribution in [0.5, 0.6) is 5.75 Å². The summed E-state index contributed by atoms with van der Waals surface area (Å²) in [4.78, 5) is 8.78. The van der Waals surface area contributed by atoms with E-state index < -0.39 is 0 Å². The van der Waals surface area contributed by atoms with E-state index in [-0.39, 0.29) is 0 Å². The fraction of sp³-hybridized carbons (Fsp3) is 0.235. The molecule has 1 aliphatic carbocycles. The van der Waals surface area contributed by atoms with E-state index in [9.17, 15) is 0 Å². The largest absolute Gasteiger partial charge is 0.497 e. The van der Waals surface area contributed by atoms with Gasteiger partial charge in [0.25, 0.3) is 0 Å². The molecule has 0 saturated heterocycles. The third-order valence-electron chi connectivity index (χ3n) is 4.01. The maximum atomic E-state index is 6.23. The summed E-state index contributed by atoms with van der Waals surface area (Å²) in [6, 6.07) is 7.35.